The normalized spacial score (nSPS) is 10.1. The molecule has 0 aliphatic carbocycles. The van der Waals surface area contributed by atoms with E-state index >= 15 is 0 Å². The summed E-state index contributed by atoms with van der Waals surface area (Å²) in [6, 6.07) is 8.70. The molecule has 0 heterocycles. The zero-order valence-electron chi connectivity index (χ0n) is 13.9. The fourth-order valence-corrected chi connectivity index (χ4v) is 2.19. The number of benzene rings is 2. The van der Waals surface area contributed by atoms with Crippen LogP contribution in [-0.2, 0) is 0 Å². The predicted molar refractivity (Wildman–Crippen MR) is 87.0 cm³/mol. The molecule has 0 bridgehead atoms. The topological polar surface area (TPSA) is 54.0 Å². The van der Waals surface area contributed by atoms with Crippen LogP contribution in [0.1, 0.15) is 21.5 Å². The van der Waals surface area contributed by atoms with Crippen LogP contribution in [-0.4, -0.2) is 27.3 Å². The molecule has 0 amide bonds. The third-order valence-electron chi connectivity index (χ3n) is 3.66. The van der Waals surface area contributed by atoms with E-state index in [0.717, 1.165) is 11.1 Å². The van der Waals surface area contributed by atoms with Gasteiger partial charge in [-0.2, -0.15) is 0 Å². The van der Waals surface area contributed by atoms with Gasteiger partial charge in [-0.15, -0.1) is 0 Å². The second-order valence-corrected chi connectivity index (χ2v) is 5.00. The van der Waals surface area contributed by atoms with Crippen molar-refractivity contribution in [1.82, 2.24) is 0 Å². The Bertz CT molecular complexity index is 696. The maximum atomic E-state index is 12.4. The van der Waals surface area contributed by atoms with Crippen molar-refractivity contribution in [2.24, 2.45) is 0 Å². The maximum Gasteiger partial charge on any atom is 0.343 e. The molecule has 5 heteroatoms. The second kappa shape index (κ2) is 7.05. The molecule has 0 atom stereocenters. The van der Waals surface area contributed by atoms with Gasteiger partial charge in [-0.3, -0.25) is 0 Å². The fourth-order valence-electron chi connectivity index (χ4n) is 2.19. The summed E-state index contributed by atoms with van der Waals surface area (Å²) in [5.74, 6) is 1.28. The van der Waals surface area contributed by atoms with Gasteiger partial charge in [-0.1, -0.05) is 12.1 Å². The number of carbonyl (C=O) groups is 1. The monoisotopic (exact) mass is 316 g/mol. The third-order valence-corrected chi connectivity index (χ3v) is 3.66. The van der Waals surface area contributed by atoms with Gasteiger partial charge in [0.2, 0.25) is 5.75 Å². The lowest BCUT2D eigenvalue weighted by Crippen LogP contribution is -2.10. The van der Waals surface area contributed by atoms with Crippen molar-refractivity contribution in [3.8, 4) is 23.0 Å². The maximum absolute atomic E-state index is 12.4. The second-order valence-electron chi connectivity index (χ2n) is 5.00. The molecule has 122 valence electrons. The fraction of sp³-hybridized carbons (Fsp3) is 0.278. The van der Waals surface area contributed by atoms with Crippen LogP contribution in [0.5, 0.6) is 23.0 Å². The van der Waals surface area contributed by atoms with E-state index in [9.17, 15) is 4.79 Å². The van der Waals surface area contributed by atoms with E-state index in [1.807, 2.05) is 26.0 Å². The van der Waals surface area contributed by atoms with Gasteiger partial charge in [0.25, 0.3) is 0 Å². The number of rotatable bonds is 5. The summed E-state index contributed by atoms with van der Waals surface area (Å²) in [4.78, 5) is 12.4. The number of methoxy groups -OCH3 is 3. The van der Waals surface area contributed by atoms with E-state index in [-0.39, 0.29) is 0 Å². The Hall–Kier alpha value is -2.69. The molecule has 0 radical (unpaired) electrons. The number of aryl methyl sites for hydroxylation is 1. The molecule has 0 saturated heterocycles. The highest BCUT2D eigenvalue weighted by Crippen LogP contribution is 2.38. The van der Waals surface area contributed by atoms with E-state index in [1.165, 1.54) is 21.3 Å². The number of ether oxygens (including phenoxy) is 4. The first-order chi connectivity index (χ1) is 11.0. The van der Waals surface area contributed by atoms with Gasteiger partial charge < -0.3 is 18.9 Å². The Balaban J connectivity index is 2.37. The van der Waals surface area contributed by atoms with Crippen LogP contribution in [0.3, 0.4) is 0 Å². The summed E-state index contributed by atoms with van der Waals surface area (Å²) in [7, 11) is 4.50. The van der Waals surface area contributed by atoms with Crippen molar-refractivity contribution in [3.05, 3.63) is 47.0 Å². The molecular weight excluding hydrogens is 296 g/mol. The SMILES string of the molecule is COc1cc(C(=O)Oc2cccc(C)c2C)cc(OC)c1OC. The third kappa shape index (κ3) is 3.39. The van der Waals surface area contributed by atoms with Gasteiger partial charge in [-0.25, -0.2) is 4.79 Å². The van der Waals surface area contributed by atoms with Crippen molar-refractivity contribution < 1.29 is 23.7 Å². The highest BCUT2D eigenvalue weighted by atomic mass is 16.5. The lowest BCUT2D eigenvalue weighted by molar-refractivity contribution is 0.0732. The summed E-state index contributed by atoms with van der Waals surface area (Å²) in [5, 5.41) is 0. The number of carbonyl (C=O) groups excluding carboxylic acids is 1. The highest BCUT2D eigenvalue weighted by molar-refractivity contribution is 5.93. The molecule has 2 aromatic carbocycles. The Morgan fingerprint density at radius 1 is 0.870 bits per heavy atom. The molecule has 0 aromatic heterocycles. The quantitative estimate of drug-likeness (QED) is 0.624. The van der Waals surface area contributed by atoms with Crippen molar-refractivity contribution >= 4 is 5.97 Å². The molecule has 23 heavy (non-hydrogen) atoms. The molecule has 0 aliphatic heterocycles. The zero-order valence-corrected chi connectivity index (χ0v) is 13.9. The molecule has 5 nitrogen and oxygen atoms in total. The van der Waals surface area contributed by atoms with E-state index in [2.05, 4.69) is 0 Å². The van der Waals surface area contributed by atoms with Gasteiger partial charge in [0.1, 0.15) is 5.75 Å². The molecule has 0 fully saturated rings. The average molecular weight is 316 g/mol. The van der Waals surface area contributed by atoms with Crippen LogP contribution in [0.4, 0.5) is 0 Å². The predicted octanol–water partition coefficient (Wildman–Crippen LogP) is 3.55. The lowest BCUT2D eigenvalue weighted by atomic mass is 10.1. The van der Waals surface area contributed by atoms with Crippen LogP contribution < -0.4 is 18.9 Å². The largest absolute Gasteiger partial charge is 0.493 e. The average Bonchev–Trinajstić information content (AvgIpc) is 2.57. The molecule has 0 aliphatic rings. The summed E-state index contributed by atoms with van der Waals surface area (Å²) in [5.41, 5.74) is 2.30. The standard InChI is InChI=1S/C18H20O5/c1-11-7-6-8-14(12(11)2)23-18(19)13-9-15(20-3)17(22-5)16(10-13)21-4/h6-10H,1-5H3. The Morgan fingerprint density at radius 2 is 1.48 bits per heavy atom. The number of hydrogen-bond donors (Lipinski definition) is 0. The van der Waals surface area contributed by atoms with Crippen LogP contribution in [0.2, 0.25) is 0 Å². The summed E-state index contributed by atoms with van der Waals surface area (Å²) in [6.45, 7) is 3.87. The number of hydrogen-bond acceptors (Lipinski definition) is 5. The van der Waals surface area contributed by atoms with E-state index in [0.29, 0.717) is 28.6 Å². The summed E-state index contributed by atoms with van der Waals surface area (Å²) < 4.78 is 21.2. The molecule has 0 spiro atoms. The Labute approximate surface area is 135 Å². The summed E-state index contributed by atoms with van der Waals surface area (Å²) >= 11 is 0. The van der Waals surface area contributed by atoms with Crippen molar-refractivity contribution in [2.75, 3.05) is 21.3 Å². The Kier molecular flexibility index (Phi) is 5.11. The Morgan fingerprint density at radius 3 is 2.00 bits per heavy atom. The molecular formula is C18H20O5. The molecule has 2 aromatic rings. The van der Waals surface area contributed by atoms with E-state index < -0.39 is 5.97 Å². The first-order valence-electron chi connectivity index (χ1n) is 7.10. The van der Waals surface area contributed by atoms with E-state index in [1.54, 1.807) is 18.2 Å². The molecule has 0 N–H and O–H groups in total. The molecule has 2 rings (SSSR count). The zero-order chi connectivity index (χ0) is 17.0. The lowest BCUT2D eigenvalue weighted by Gasteiger charge is -2.14. The van der Waals surface area contributed by atoms with E-state index in [4.69, 9.17) is 18.9 Å². The molecule has 0 saturated carbocycles. The molecule has 0 unspecified atom stereocenters. The van der Waals surface area contributed by atoms with Crippen LogP contribution >= 0.6 is 0 Å². The smallest absolute Gasteiger partial charge is 0.343 e. The van der Waals surface area contributed by atoms with Crippen molar-refractivity contribution in [2.45, 2.75) is 13.8 Å². The minimum atomic E-state index is -0.488. The van der Waals surface area contributed by atoms with Crippen molar-refractivity contribution in [3.63, 3.8) is 0 Å². The van der Waals surface area contributed by atoms with Gasteiger partial charge in [0, 0.05) is 0 Å². The minimum absolute atomic E-state index is 0.320. The first kappa shape index (κ1) is 16.7. The number of esters is 1. The van der Waals surface area contributed by atoms with Crippen LogP contribution in [0, 0.1) is 13.8 Å². The van der Waals surface area contributed by atoms with Crippen LogP contribution in [0.25, 0.3) is 0 Å². The van der Waals surface area contributed by atoms with Gasteiger partial charge >= 0.3 is 5.97 Å². The first-order valence-corrected chi connectivity index (χ1v) is 7.10. The highest BCUT2D eigenvalue weighted by Gasteiger charge is 2.19. The van der Waals surface area contributed by atoms with Crippen molar-refractivity contribution in [1.29, 1.82) is 0 Å². The van der Waals surface area contributed by atoms with Gasteiger partial charge in [-0.05, 0) is 43.2 Å². The van der Waals surface area contributed by atoms with Gasteiger partial charge in [0.15, 0.2) is 11.5 Å². The summed E-state index contributed by atoms with van der Waals surface area (Å²) in [6.07, 6.45) is 0. The minimum Gasteiger partial charge on any atom is -0.493 e. The van der Waals surface area contributed by atoms with Crippen LogP contribution in [0.15, 0.2) is 30.3 Å². The van der Waals surface area contributed by atoms with Gasteiger partial charge in [0.05, 0.1) is 26.9 Å².